The summed E-state index contributed by atoms with van der Waals surface area (Å²) in [6.07, 6.45) is 1.92. The molecule has 41 heavy (non-hydrogen) atoms. The van der Waals surface area contributed by atoms with Gasteiger partial charge in [-0.2, -0.15) is 0 Å². The Kier molecular flexibility index (Phi) is 6.59. The lowest BCUT2D eigenvalue weighted by Crippen LogP contribution is -2.40. The van der Waals surface area contributed by atoms with Crippen molar-refractivity contribution in [2.75, 3.05) is 12.4 Å². The van der Waals surface area contributed by atoms with Crippen LogP contribution < -0.4 is 24.9 Å². The number of nitrogens with one attached hydrogen (secondary N) is 1. The fourth-order valence-corrected chi connectivity index (χ4v) is 6.40. The van der Waals surface area contributed by atoms with Gasteiger partial charge in [-0.1, -0.05) is 53.8 Å². The average molecular weight is 565 g/mol. The molecule has 0 aliphatic carbocycles. The second-order valence-electron chi connectivity index (χ2n) is 9.91. The maximum Gasteiger partial charge on any atom is 0.271 e. The highest BCUT2D eigenvalue weighted by Crippen LogP contribution is 2.35. The first-order valence-corrected chi connectivity index (χ1v) is 13.9. The van der Waals surface area contributed by atoms with E-state index in [9.17, 15) is 14.7 Å². The van der Waals surface area contributed by atoms with E-state index in [0.717, 1.165) is 22.2 Å². The molecule has 1 amide bonds. The number of methoxy groups -OCH3 is 1. The van der Waals surface area contributed by atoms with Crippen molar-refractivity contribution in [3.05, 3.63) is 121 Å². The summed E-state index contributed by atoms with van der Waals surface area (Å²) >= 11 is 1.29. The number of anilines is 1. The lowest BCUT2D eigenvalue weighted by atomic mass is 9.94. The number of ether oxygens (including phenoxy) is 1. The Labute approximate surface area is 239 Å². The van der Waals surface area contributed by atoms with Gasteiger partial charge < -0.3 is 19.7 Å². The molecular formula is C32H28N4O4S. The SMILES string of the molecule is COc1cc([C@@H]2C(C(=O)Nc3ccccc3)=C(C)N=c3s/c(=C\c4c(C)n(C)c5ccccc45)c(=O)n32)ccc1O. The molecule has 0 unspecified atom stereocenters. The van der Waals surface area contributed by atoms with Crippen molar-refractivity contribution >= 4 is 39.9 Å². The van der Waals surface area contributed by atoms with Gasteiger partial charge in [0, 0.05) is 34.9 Å². The lowest BCUT2D eigenvalue weighted by molar-refractivity contribution is -0.113. The maximum absolute atomic E-state index is 14.2. The fourth-order valence-electron chi connectivity index (χ4n) is 5.37. The third kappa shape index (κ3) is 4.44. The van der Waals surface area contributed by atoms with Gasteiger partial charge in [0.1, 0.15) is 0 Å². The summed E-state index contributed by atoms with van der Waals surface area (Å²) < 4.78 is 9.56. The summed E-state index contributed by atoms with van der Waals surface area (Å²) in [6, 6.07) is 21.3. The molecule has 1 atom stereocenters. The smallest absolute Gasteiger partial charge is 0.271 e. The Bertz CT molecular complexity index is 2050. The molecule has 3 aromatic carbocycles. The van der Waals surface area contributed by atoms with E-state index in [4.69, 9.17) is 9.73 Å². The highest BCUT2D eigenvalue weighted by Gasteiger charge is 2.33. The van der Waals surface area contributed by atoms with Crippen LogP contribution in [0.1, 0.15) is 29.8 Å². The molecule has 0 saturated heterocycles. The number of rotatable bonds is 5. The second kappa shape index (κ2) is 10.3. The molecule has 1 aliphatic heterocycles. The van der Waals surface area contributed by atoms with Crippen molar-refractivity contribution in [1.82, 2.24) is 9.13 Å². The predicted molar refractivity (Wildman–Crippen MR) is 161 cm³/mol. The number of phenols is 1. The molecular weight excluding hydrogens is 536 g/mol. The monoisotopic (exact) mass is 564 g/mol. The van der Waals surface area contributed by atoms with E-state index in [1.807, 2.05) is 56.4 Å². The molecule has 0 fully saturated rings. The fraction of sp³-hybridized carbons (Fsp3) is 0.156. The van der Waals surface area contributed by atoms with E-state index in [2.05, 4.69) is 16.0 Å². The molecule has 5 aromatic rings. The maximum atomic E-state index is 14.2. The Morgan fingerprint density at radius 2 is 1.80 bits per heavy atom. The number of allylic oxidation sites excluding steroid dienone is 1. The largest absolute Gasteiger partial charge is 0.504 e. The molecule has 0 radical (unpaired) electrons. The van der Waals surface area contributed by atoms with E-state index in [-0.39, 0.29) is 23.0 Å². The number of carbonyl (C=O) groups is 1. The molecule has 8 nitrogen and oxygen atoms in total. The number of phenolic OH excluding ortho intramolecular Hbond substituents is 1. The summed E-state index contributed by atoms with van der Waals surface area (Å²) in [7, 11) is 3.47. The zero-order valence-corrected chi connectivity index (χ0v) is 23.8. The van der Waals surface area contributed by atoms with E-state index >= 15 is 0 Å². The van der Waals surface area contributed by atoms with Gasteiger partial charge in [0.05, 0.1) is 29.0 Å². The van der Waals surface area contributed by atoms with Crippen LogP contribution in [-0.4, -0.2) is 27.3 Å². The van der Waals surface area contributed by atoms with Gasteiger partial charge in [-0.25, -0.2) is 4.99 Å². The van der Waals surface area contributed by atoms with Crippen LogP contribution in [0.25, 0.3) is 17.0 Å². The third-order valence-electron chi connectivity index (χ3n) is 7.54. The van der Waals surface area contributed by atoms with E-state index in [1.54, 1.807) is 35.8 Å². The number of aromatic hydroxyl groups is 1. The first-order valence-electron chi connectivity index (χ1n) is 13.1. The Morgan fingerprint density at radius 1 is 1.07 bits per heavy atom. The number of thiazole rings is 1. The summed E-state index contributed by atoms with van der Waals surface area (Å²) in [5, 5.41) is 14.3. The summed E-state index contributed by atoms with van der Waals surface area (Å²) in [5.74, 6) is -0.159. The van der Waals surface area contributed by atoms with Gasteiger partial charge in [0.25, 0.3) is 11.5 Å². The number of para-hydroxylation sites is 2. The van der Waals surface area contributed by atoms with E-state index in [1.165, 1.54) is 24.5 Å². The number of fused-ring (bicyclic) bond motifs is 2. The van der Waals surface area contributed by atoms with Crippen LogP contribution in [0.3, 0.4) is 0 Å². The second-order valence-corrected chi connectivity index (χ2v) is 10.9. The molecule has 206 valence electrons. The van der Waals surface area contributed by atoms with Crippen molar-refractivity contribution in [2.45, 2.75) is 19.9 Å². The quantitative estimate of drug-likeness (QED) is 0.331. The topological polar surface area (TPSA) is 97.9 Å². The molecule has 2 aromatic heterocycles. The van der Waals surface area contributed by atoms with Gasteiger partial charge >= 0.3 is 0 Å². The van der Waals surface area contributed by atoms with Gasteiger partial charge in [-0.05, 0) is 55.8 Å². The van der Waals surface area contributed by atoms with Crippen molar-refractivity contribution in [3.8, 4) is 11.5 Å². The zero-order valence-electron chi connectivity index (χ0n) is 23.0. The highest BCUT2D eigenvalue weighted by atomic mass is 32.1. The van der Waals surface area contributed by atoms with Crippen LogP contribution in [-0.2, 0) is 11.8 Å². The number of amides is 1. The highest BCUT2D eigenvalue weighted by molar-refractivity contribution is 7.07. The minimum atomic E-state index is -0.791. The summed E-state index contributed by atoms with van der Waals surface area (Å²) in [4.78, 5) is 33.1. The third-order valence-corrected chi connectivity index (χ3v) is 8.52. The number of aryl methyl sites for hydroxylation is 1. The number of nitrogens with zero attached hydrogens (tertiary/aromatic N) is 3. The predicted octanol–water partition coefficient (Wildman–Crippen LogP) is 4.39. The minimum absolute atomic E-state index is 0.0360. The molecule has 0 saturated carbocycles. The number of hydrogen-bond acceptors (Lipinski definition) is 6. The summed E-state index contributed by atoms with van der Waals surface area (Å²) in [6.45, 7) is 3.81. The van der Waals surface area contributed by atoms with E-state index < -0.39 is 6.04 Å². The standard InChI is InChI=1S/C32H28N4O4S/c1-18-28(30(38)34-21-10-6-5-7-11-21)29(20-14-15-25(37)26(16-20)40-4)36-31(39)27(41-32(36)33-18)17-23-19(2)35(3)24-13-9-8-12-22(23)24/h5-17,29,37H,1-4H3,(H,34,38)/b27-17-/t29-/m1/s1. The molecule has 1 aliphatic rings. The minimum Gasteiger partial charge on any atom is -0.504 e. The first-order chi connectivity index (χ1) is 19.8. The summed E-state index contributed by atoms with van der Waals surface area (Å²) in [5.41, 5.74) is 4.91. The molecule has 3 heterocycles. The molecule has 2 N–H and O–H groups in total. The Hall–Kier alpha value is -4.89. The molecule has 0 bridgehead atoms. The van der Waals surface area contributed by atoms with Gasteiger partial charge in [0.15, 0.2) is 16.3 Å². The number of benzene rings is 3. The number of hydrogen-bond donors (Lipinski definition) is 2. The Balaban J connectivity index is 1.57. The van der Waals surface area contributed by atoms with Crippen LogP contribution >= 0.6 is 11.3 Å². The normalized spacial score (nSPS) is 15.1. The Morgan fingerprint density at radius 3 is 2.56 bits per heavy atom. The average Bonchev–Trinajstić information content (AvgIpc) is 3.41. The van der Waals surface area contributed by atoms with Crippen molar-refractivity contribution in [2.24, 2.45) is 12.0 Å². The number of carbonyl (C=O) groups excluding carboxylic acids is 1. The molecule has 9 heteroatoms. The lowest BCUT2D eigenvalue weighted by Gasteiger charge is -2.25. The van der Waals surface area contributed by atoms with Crippen LogP contribution in [0.4, 0.5) is 5.69 Å². The number of aromatic nitrogens is 2. The molecule has 0 spiro atoms. The van der Waals surface area contributed by atoms with Crippen molar-refractivity contribution in [1.29, 1.82) is 0 Å². The molecule has 6 rings (SSSR count). The van der Waals surface area contributed by atoms with Crippen LogP contribution in [0.2, 0.25) is 0 Å². The van der Waals surface area contributed by atoms with Crippen molar-refractivity contribution in [3.63, 3.8) is 0 Å². The van der Waals surface area contributed by atoms with E-state index in [0.29, 0.717) is 31.9 Å². The van der Waals surface area contributed by atoms with Gasteiger partial charge in [-0.15, -0.1) is 0 Å². The van der Waals surface area contributed by atoms with Crippen LogP contribution in [0.5, 0.6) is 11.5 Å². The zero-order chi connectivity index (χ0) is 28.8. The van der Waals surface area contributed by atoms with Crippen LogP contribution in [0, 0.1) is 6.92 Å². The van der Waals surface area contributed by atoms with Crippen molar-refractivity contribution < 1.29 is 14.6 Å². The van der Waals surface area contributed by atoms with Gasteiger partial charge in [0.2, 0.25) is 0 Å². The van der Waals surface area contributed by atoms with Crippen LogP contribution in [0.15, 0.2) is 93.9 Å². The van der Waals surface area contributed by atoms with Gasteiger partial charge in [-0.3, -0.25) is 14.2 Å². The first kappa shape index (κ1) is 26.3.